The van der Waals surface area contributed by atoms with Gasteiger partial charge in [-0.1, -0.05) is 19.4 Å². The molecule has 21 heavy (non-hydrogen) atoms. The number of carbonyl (C=O) groups excluding carboxylic acids is 1. The molecule has 0 bridgehead atoms. The van der Waals surface area contributed by atoms with Crippen LogP contribution in [-0.2, 0) is 0 Å². The van der Waals surface area contributed by atoms with E-state index in [4.69, 9.17) is 0 Å². The molecule has 1 fully saturated rings. The molecule has 0 saturated carbocycles. The normalized spacial score (nSPS) is 17.5. The van der Waals surface area contributed by atoms with Gasteiger partial charge in [0.15, 0.2) is 11.6 Å². The zero-order chi connectivity index (χ0) is 15.2. The summed E-state index contributed by atoms with van der Waals surface area (Å²) >= 11 is 0. The molecule has 5 heteroatoms. The molecule has 1 saturated heterocycles. The van der Waals surface area contributed by atoms with Crippen molar-refractivity contribution in [3.63, 3.8) is 0 Å². The lowest BCUT2D eigenvalue weighted by atomic mass is 10.1. The second kappa shape index (κ2) is 7.50. The molecule has 0 spiro atoms. The minimum atomic E-state index is -1.08. The number of nitrogens with one attached hydrogen (secondary N) is 1. The lowest BCUT2D eigenvalue weighted by molar-refractivity contribution is 0.0937. The van der Waals surface area contributed by atoms with Crippen LogP contribution in [0.5, 0.6) is 0 Å². The summed E-state index contributed by atoms with van der Waals surface area (Å²) < 4.78 is 26.6. The van der Waals surface area contributed by atoms with Gasteiger partial charge >= 0.3 is 0 Å². The van der Waals surface area contributed by atoms with Crippen molar-refractivity contribution in [1.82, 2.24) is 10.2 Å². The van der Waals surface area contributed by atoms with Crippen molar-refractivity contribution in [2.45, 2.75) is 26.2 Å². The smallest absolute Gasteiger partial charge is 0.254 e. The molecule has 2 rings (SSSR count). The first-order chi connectivity index (χ1) is 10.1. The van der Waals surface area contributed by atoms with Crippen molar-refractivity contribution < 1.29 is 13.6 Å². The van der Waals surface area contributed by atoms with Crippen LogP contribution >= 0.6 is 0 Å². The number of amides is 1. The van der Waals surface area contributed by atoms with Gasteiger partial charge in [0, 0.05) is 13.1 Å². The number of piperidine rings is 1. The highest BCUT2D eigenvalue weighted by Gasteiger charge is 2.17. The van der Waals surface area contributed by atoms with E-state index in [0.717, 1.165) is 25.7 Å². The Balaban J connectivity index is 1.81. The van der Waals surface area contributed by atoms with Crippen LogP contribution in [0.25, 0.3) is 0 Å². The third-order valence-electron chi connectivity index (χ3n) is 3.83. The van der Waals surface area contributed by atoms with E-state index < -0.39 is 17.5 Å². The van der Waals surface area contributed by atoms with Gasteiger partial charge in [-0.05, 0) is 44.0 Å². The summed E-state index contributed by atoms with van der Waals surface area (Å²) in [5.41, 5.74) is -0.236. The Bertz CT molecular complexity index is 487. The number of hydrogen-bond donors (Lipinski definition) is 1. The monoisotopic (exact) mass is 296 g/mol. The van der Waals surface area contributed by atoms with Crippen molar-refractivity contribution in [2.75, 3.05) is 26.2 Å². The number of hydrogen-bond acceptors (Lipinski definition) is 2. The fourth-order valence-electron chi connectivity index (χ4n) is 2.69. The summed E-state index contributed by atoms with van der Waals surface area (Å²) in [6.07, 6.45) is 3.75. The SMILES string of the molecule is CC(CNC(=O)c1cccc(F)c1F)CN1CCCCC1. The topological polar surface area (TPSA) is 32.3 Å². The van der Waals surface area contributed by atoms with Crippen molar-refractivity contribution in [3.8, 4) is 0 Å². The third-order valence-corrected chi connectivity index (χ3v) is 3.83. The third kappa shape index (κ3) is 4.49. The van der Waals surface area contributed by atoms with E-state index in [0.29, 0.717) is 6.54 Å². The first-order valence-electron chi connectivity index (χ1n) is 7.52. The minimum Gasteiger partial charge on any atom is -0.352 e. The molecular weight excluding hydrogens is 274 g/mol. The molecule has 116 valence electrons. The zero-order valence-corrected chi connectivity index (χ0v) is 12.4. The maximum Gasteiger partial charge on any atom is 0.254 e. The van der Waals surface area contributed by atoms with Crippen molar-refractivity contribution >= 4 is 5.91 Å². The first kappa shape index (κ1) is 15.9. The molecule has 0 aliphatic carbocycles. The molecule has 1 aliphatic heterocycles. The number of benzene rings is 1. The predicted molar refractivity (Wildman–Crippen MR) is 78.1 cm³/mol. The van der Waals surface area contributed by atoms with Crippen molar-refractivity contribution in [3.05, 3.63) is 35.4 Å². The Hall–Kier alpha value is -1.49. The summed E-state index contributed by atoms with van der Waals surface area (Å²) in [5.74, 6) is -2.36. The molecule has 3 nitrogen and oxygen atoms in total. The second-order valence-electron chi connectivity index (χ2n) is 5.78. The van der Waals surface area contributed by atoms with Gasteiger partial charge in [0.05, 0.1) is 5.56 Å². The Labute approximate surface area is 124 Å². The van der Waals surface area contributed by atoms with Gasteiger partial charge in [0.2, 0.25) is 0 Å². The van der Waals surface area contributed by atoms with Crippen LogP contribution in [0.2, 0.25) is 0 Å². The average Bonchev–Trinajstić information content (AvgIpc) is 2.48. The van der Waals surface area contributed by atoms with Crippen LogP contribution in [-0.4, -0.2) is 37.0 Å². The van der Waals surface area contributed by atoms with E-state index in [-0.39, 0.29) is 11.5 Å². The summed E-state index contributed by atoms with van der Waals surface area (Å²) in [6.45, 7) is 5.65. The fraction of sp³-hybridized carbons (Fsp3) is 0.562. The number of likely N-dealkylation sites (tertiary alicyclic amines) is 1. The molecule has 1 heterocycles. The molecule has 1 unspecified atom stereocenters. The van der Waals surface area contributed by atoms with Crippen LogP contribution in [0, 0.1) is 17.6 Å². The van der Waals surface area contributed by atoms with E-state index in [1.54, 1.807) is 0 Å². The Morgan fingerprint density at radius 2 is 2.00 bits per heavy atom. The van der Waals surface area contributed by atoms with E-state index in [1.165, 1.54) is 31.4 Å². The van der Waals surface area contributed by atoms with E-state index in [2.05, 4.69) is 17.1 Å². The molecule has 1 aromatic carbocycles. The molecule has 1 aliphatic rings. The fourth-order valence-corrected chi connectivity index (χ4v) is 2.69. The standard InChI is InChI=1S/C16H22F2N2O/c1-12(11-20-8-3-2-4-9-20)10-19-16(21)13-6-5-7-14(17)15(13)18/h5-7,12H,2-4,8-11H2,1H3,(H,19,21). The molecule has 1 aromatic rings. The summed E-state index contributed by atoms with van der Waals surface area (Å²) in [5, 5.41) is 2.68. The second-order valence-corrected chi connectivity index (χ2v) is 5.78. The lowest BCUT2D eigenvalue weighted by Crippen LogP contribution is -2.38. The number of rotatable bonds is 5. The molecule has 0 aromatic heterocycles. The molecule has 1 atom stereocenters. The minimum absolute atomic E-state index is 0.236. The van der Waals surface area contributed by atoms with Gasteiger partial charge in [-0.15, -0.1) is 0 Å². The highest BCUT2D eigenvalue weighted by atomic mass is 19.2. The van der Waals surface area contributed by atoms with E-state index in [1.807, 2.05) is 0 Å². The van der Waals surface area contributed by atoms with Crippen LogP contribution in [0.3, 0.4) is 0 Å². The van der Waals surface area contributed by atoms with Crippen molar-refractivity contribution in [2.24, 2.45) is 5.92 Å². The van der Waals surface area contributed by atoms with Gasteiger partial charge in [0.25, 0.3) is 5.91 Å². The van der Waals surface area contributed by atoms with Gasteiger partial charge in [0.1, 0.15) is 0 Å². The van der Waals surface area contributed by atoms with Crippen LogP contribution < -0.4 is 5.32 Å². The highest BCUT2D eigenvalue weighted by Crippen LogP contribution is 2.12. The highest BCUT2D eigenvalue weighted by molar-refractivity contribution is 5.94. The summed E-state index contributed by atoms with van der Waals surface area (Å²) in [6, 6.07) is 3.64. The zero-order valence-electron chi connectivity index (χ0n) is 12.4. The number of halogens is 2. The Kier molecular flexibility index (Phi) is 5.67. The van der Waals surface area contributed by atoms with Gasteiger partial charge in [-0.3, -0.25) is 4.79 Å². The number of nitrogens with zero attached hydrogens (tertiary/aromatic N) is 1. The van der Waals surface area contributed by atoms with Gasteiger partial charge < -0.3 is 10.2 Å². The molecule has 0 radical (unpaired) electrons. The Morgan fingerprint density at radius 1 is 1.29 bits per heavy atom. The van der Waals surface area contributed by atoms with Gasteiger partial charge in [-0.2, -0.15) is 0 Å². The molecule has 1 amide bonds. The Morgan fingerprint density at radius 3 is 2.71 bits per heavy atom. The van der Waals surface area contributed by atoms with Crippen LogP contribution in [0.1, 0.15) is 36.5 Å². The summed E-state index contributed by atoms with van der Waals surface area (Å²) in [7, 11) is 0. The van der Waals surface area contributed by atoms with Gasteiger partial charge in [-0.25, -0.2) is 8.78 Å². The summed E-state index contributed by atoms with van der Waals surface area (Å²) in [4.78, 5) is 14.3. The molecule has 1 N–H and O–H groups in total. The lowest BCUT2D eigenvalue weighted by Gasteiger charge is -2.29. The largest absolute Gasteiger partial charge is 0.352 e. The van der Waals surface area contributed by atoms with Crippen LogP contribution in [0.4, 0.5) is 8.78 Å². The maximum absolute atomic E-state index is 13.5. The average molecular weight is 296 g/mol. The van der Waals surface area contributed by atoms with E-state index in [9.17, 15) is 13.6 Å². The number of carbonyl (C=O) groups is 1. The maximum atomic E-state index is 13.5. The van der Waals surface area contributed by atoms with E-state index >= 15 is 0 Å². The molecular formula is C16H22F2N2O. The first-order valence-corrected chi connectivity index (χ1v) is 7.52. The van der Waals surface area contributed by atoms with Crippen LogP contribution in [0.15, 0.2) is 18.2 Å². The van der Waals surface area contributed by atoms with Crippen molar-refractivity contribution in [1.29, 1.82) is 0 Å². The predicted octanol–water partition coefficient (Wildman–Crippen LogP) is 2.82. The quantitative estimate of drug-likeness (QED) is 0.906.